The van der Waals surface area contributed by atoms with E-state index in [2.05, 4.69) is 13.0 Å². The molecule has 2 heterocycles. The standard InChI is InChI=1S/C24H24N2O2/c1-15-19-10-6-7-11-21(19)25-16(2)20(15)14-24(27)26(4)17(3)23-13-18-9-5-8-12-22(18)28-23/h5-13,17H,14H2,1-4H3/t17-/m0/s1. The van der Waals surface area contributed by atoms with Crippen LogP contribution in [-0.4, -0.2) is 22.8 Å². The van der Waals surface area contributed by atoms with E-state index >= 15 is 0 Å². The van der Waals surface area contributed by atoms with Gasteiger partial charge in [0.15, 0.2) is 0 Å². The Labute approximate surface area is 164 Å². The van der Waals surface area contributed by atoms with E-state index in [0.29, 0.717) is 6.42 Å². The van der Waals surface area contributed by atoms with Gasteiger partial charge in [-0.15, -0.1) is 0 Å². The normalized spacial score (nSPS) is 12.4. The molecule has 0 saturated heterocycles. The van der Waals surface area contributed by atoms with Gasteiger partial charge >= 0.3 is 0 Å². The Balaban J connectivity index is 1.60. The number of nitrogens with zero attached hydrogens (tertiary/aromatic N) is 2. The fourth-order valence-corrected chi connectivity index (χ4v) is 3.72. The first-order chi connectivity index (χ1) is 13.5. The number of aryl methyl sites for hydroxylation is 2. The number of fused-ring (bicyclic) bond motifs is 2. The molecular formula is C24H24N2O2. The van der Waals surface area contributed by atoms with E-state index in [1.807, 2.05) is 69.4 Å². The summed E-state index contributed by atoms with van der Waals surface area (Å²) in [6.07, 6.45) is 0.330. The quantitative estimate of drug-likeness (QED) is 0.484. The molecule has 1 amide bonds. The number of amides is 1. The van der Waals surface area contributed by atoms with E-state index in [9.17, 15) is 4.79 Å². The third-order valence-corrected chi connectivity index (χ3v) is 5.64. The van der Waals surface area contributed by atoms with Gasteiger partial charge in [0.1, 0.15) is 11.3 Å². The maximum atomic E-state index is 13.0. The Bertz CT molecular complexity index is 1140. The van der Waals surface area contributed by atoms with Crippen LogP contribution in [0.2, 0.25) is 0 Å². The first-order valence-corrected chi connectivity index (χ1v) is 9.54. The molecule has 4 rings (SSSR count). The molecule has 0 aliphatic heterocycles. The maximum Gasteiger partial charge on any atom is 0.227 e. The van der Waals surface area contributed by atoms with Crippen molar-refractivity contribution < 1.29 is 9.21 Å². The van der Waals surface area contributed by atoms with Crippen LogP contribution >= 0.6 is 0 Å². The largest absolute Gasteiger partial charge is 0.459 e. The Morgan fingerprint density at radius 2 is 1.82 bits per heavy atom. The molecular weight excluding hydrogens is 348 g/mol. The summed E-state index contributed by atoms with van der Waals surface area (Å²) >= 11 is 0. The zero-order chi connectivity index (χ0) is 19.8. The Morgan fingerprint density at radius 3 is 2.61 bits per heavy atom. The van der Waals surface area contributed by atoms with Crippen molar-refractivity contribution in [3.8, 4) is 0 Å². The van der Waals surface area contributed by atoms with Crippen molar-refractivity contribution in [2.24, 2.45) is 0 Å². The molecule has 0 bridgehead atoms. The number of para-hydroxylation sites is 2. The number of carbonyl (C=O) groups excluding carboxylic acids is 1. The number of hydrogen-bond donors (Lipinski definition) is 0. The molecule has 0 aliphatic rings. The van der Waals surface area contributed by atoms with Gasteiger partial charge < -0.3 is 9.32 Å². The number of pyridine rings is 1. The van der Waals surface area contributed by atoms with Crippen molar-refractivity contribution in [2.45, 2.75) is 33.2 Å². The molecule has 2 aromatic carbocycles. The predicted octanol–water partition coefficient (Wildman–Crippen LogP) is 5.36. The van der Waals surface area contributed by atoms with Crippen LogP contribution in [0.1, 0.15) is 35.5 Å². The van der Waals surface area contributed by atoms with Crippen LogP contribution in [0.15, 0.2) is 59.0 Å². The molecule has 142 valence electrons. The lowest BCUT2D eigenvalue weighted by Gasteiger charge is -2.24. The fourth-order valence-electron chi connectivity index (χ4n) is 3.72. The second-order valence-electron chi connectivity index (χ2n) is 7.36. The Hall–Kier alpha value is -3.14. The predicted molar refractivity (Wildman–Crippen MR) is 112 cm³/mol. The number of likely N-dealkylation sites (N-methyl/N-ethyl adjacent to an activating group) is 1. The second kappa shape index (κ2) is 7.12. The van der Waals surface area contributed by atoms with Gasteiger partial charge in [-0.1, -0.05) is 36.4 Å². The van der Waals surface area contributed by atoms with Gasteiger partial charge in [0.05, 0.1) is 18.0 Å². The molecule has 4 nitrogen and oxygen atoms in total. The summed E-state index contributed by atoms with van der Waals surface area (Å²) in [5, 5.41) is 2.15. The Kier molecular flexibility index (Phi) is 4.63. The van der Waals surface area contributed by atoms with Gasteiger partial charge in [0, 0.05) is 23.5 Å². The minimum absolute atomic E-state index is 0.0521. The summed E-state index contributed by atoms with van der Waals surface area (Å²) in [6.45, 7) is 6.04. The molecule has 0 spiro atoms. The van der Waals surface area contributed by atoms with E-state index in [1.54, 1.807) is 4.90 Å². The van der Waals surface area contributed by atoms with Crippen molar-refractivity contribution in [3.63, 3.8) is 0 Å². The van der Waals surface area contributed by atoms with Gasteiger partial charge in [-0.05, 0) is 50.1 Å². The van der Waals surface area contributed by atoms with Crippen molar-refractivity contribution >= 4 is 27.8 Å². The highest BCUT2D eigenvalue weighted by Crippen LogP contribution is 2.28. The Morgan fingerprint density at radius 1 is 1.11 bits per heavy atom. The number of furan rings is 1. The molecule has 0 aliphatic carbocycles. The van der Waals surface area contributed by atoms with E-state index < -0.39 is 0 Å². The highest BCUT2D eigenvalue weighted by atomic mass is 16.3. The average Bonchev–Trinajstić information content (AvgIpc) is 3.14. The molecule has 2 aromatic heterocycles. The van der Waals surface area contributed by atoms with Gasteiger partial charge in [0.25, 0.3) is 0 Å². The summed E-state index contributed by atoms with van der Waals surface area (Å²) in [4.78, 5) is 19.5. The number of hydrogen-bond acceptors (Lipinski definition) is 3. The molecule has 1 atom stereocenters. The zero-order valence-electron chi connectivity index (χ0n) is 16.7. The highest BCUT2D eigenvalue weighted by Gasteiger charge is 2.22. The number of aromatic nitrogens is 1. The lowest BCUT2D eigenvalue weighted by molar-refractivity contribution is -0.131. The van der Waals surface area contributed by atoms with Crippen LogP contribution in [0.25, 0.3) is 21.9 Å². The number of carbonyl (C=O) groups is 1. The zero-order valence-corrected chi connectivity index (χ0v) is 16.7. The van der Waals surface area contributed by atoms with Crippen LogP contribution in [-0.2, 0) is 11.2 Å². The van der Waals surface area contributed by atoms with Gasteiger partial charge in [-0.25, -0.2) is 0 Å². The van der Waals surface area contributed by atoms with Gasteiger partial charge in [-0.3, -0.25) is 9.78 Å². The summed E-state index contributed by atoms with van der Waals surface area (Å²) < 4.78 is 5.95. The average molecular weight is 372 g/mol. The molecule has 4 heteroatoms. The fraction of sp³-hybridized carbons (Fsp3) is 0.250. The lowest BCUT2D eigenvalue weighted by Crippen LogP contribution is -2.31. The molecule has 28 heavy (non-hydrogen) atoms. The first kappa shape index (κ1) is 18.2. The smallest absolute Gasteiger partial charge is 0.227 e. The minimum atomic E-state index is -0.145. The number of benzene rings is 2. The number of rotatable bonds is 4. The van der Waals surface area contributed by atoms with Crippen LogP contribution in [0, 0.1) is 13.8 Å². The van der Waals surface area contributed by atoms with E-state index in [4.69, 9.17) is 9.40 Å². The van der Waals surface area contributed by atoms with Crippen molar-refractivity contribution in [3.05, 3.63) is 77.2 Å². The van der Waals surface area contributed by atoms with E-state index in [0.717, 1.165) is 44.5 Å². The molecule has 0 fully saturated rings. The van der Waals surface area contributed by atoms with Crippen LogP contribution in [0.4, 0.5) is 0 Å². The SMILES string of the molecule is Cc1nc2ccccc2c(C)c1CC(=O)N(C)[C@@H](C)c1cc2ccccc2o1. The van der Waals surface area contributed by atoms with E-state index in [-0.39, 0.29) is 11.9 Å². The monoisotopic (exact) mass is 372 g/mol. The van der Waals surface area contributed by atoms with Crippen molar-refractivity contribution in [1.82, 2.24) is 9.88 Å². The van der Waals surface area contributed by atoms with Crippen molar-refractivity contribution in [2.75, 3.05) is 7.05 Å². The summed E-state index contributed by atoms with van der Waals surface area (Å²) in [7, 11) is 1.83. The first-order valence-electron chi connectivity index (χ1n) is 9.54. The third kappa shape index (κ3) is 3.15. The summed E-state index contributed by atoms with van der Waals surface area (Å²) in [5.74, 6) is 0.846. The highest BCUT2D eigenvalue weighted by molar-refractivity contribution is 5.86. The molecule has 0 N–H and O–H groups in total. The third-order valence-electron chi connectivity index (χ3n) is 5.64. The molecule has 0 unspecified atom stereocenters. The minimum Gasteiger partial charge on any atom is -0.459 e. The summed E-state index contributed by atoms with van der Waals surface area (Å²) in [6, 6.07) is 17.8. The molecule has 0 saturated carbocycles. The van der Waals surface area contributed by atoms with Crippen LogP contribution in [0.3, 0.4) is 0 Å². The molecule has 0 radical (unpaired) electrons. The second-order valence-corrected chi connectivity index (χ2v) is 7.36. The topological polar surface area (TPSA) is 46.3 Å². The van der Waals surface area contributed by atoms with Gasteiger partial charge in [0.2, 0.25) is 5.91 Å². The summed E-state index contributed by atoms with van der Waals surface area (Å²) in [5.41, 5.74) is 4.86. The molecule has 4 aromatic rings. The van der Waals surface area contributed by atoms with Crippen LogP contribution < -0.4 is 0 Å². The van der Waals surface area contributed by atoms with E-state index in [1.165, 1.54) is 0 Å². The van der Waals surface area contributed by atoms with Crippen molar-refractivity contribution in [1.29, 1.82) is 0 Å². The maximum absolute atomic E-state index is 13.0. The van der Waals surface area contributed by atoms with Gasteiger partial charge in [-0.2, -0.15) is 0 Å². The van der Waals surface area contributed by atoms with Crippen LogP contribution in [0.5, 0.6) is 0 Å². The lowest BCUT2D eigenvalue weighted by atomic mass is 9.99.